The average molecular weight is 784 g/mol. The highest BCUT2D eigenvalue weighted by atomic mass is 79.9. The van der Waals surface area contributed by atoms with Crippen LogP contribution in [0.3, 0.4) is 0 Å². The molecule has 278 valence electrons. The molecule has 0 saturated heterocycles. The first-order valence-electron chi connectivity index (χ1n) is 17.7. The van der Waals surface area contributed by atoms with Gasteiger partial charge in [0.05, 0.1) is 32.8 Å². The van der Waals surface area contributed by atoms with Crippen molar-refractivity contribution in [1.29, 1.82) is 0 Å². The molecule has 2 heterocycles. The van der Waals surface area contributed by atoms with E-state index in [2.05, 4.69) is 129 Å². The van der Waals surface area contributed by atoms with Crippen LogP contribution in [0.2, 0.25) is 0 Å². The highest BCUT2D eigenvalue weighted by Gasteiger charge is 2.49. The highest BCUT2D eigenvalue weighted by Crippen LogP contribution is 2.53. The van der Waals surface area contributed by atoms with E-state index in [0.29, 0.717) is 0 Å². The van der Waals surface area contributed by atoms with Gasteiger partial charge in [0.2, 0.25) is 5.69 Å². The smallest absolute Gasteiger partial charge is 0.213 e. The lowest BCUT2D eigenvalue weighted by molar-refractivity contribution is -0.401. The van der Waals surface area contributed by atoms with Gasteiger partial charge >= 0.3 is 0 Å². The number of likely N-dealkylation sites (N-methyl/N-ethyl adjacent to an activating group) is 1. The molecular weight excluding hydrogens is 728 g/mol. The molecule has 5 rings (SSSR count). The van der Waals surface area contributed by atoms with Crippen molar-refractivity contribution < 1.29 is 32.1 Å². The van der Waals surface area contributed by atoms with Gasteiger partial charge < -0.3 is 28.2 Å². The molecule has 0 aromatic heterocycles. The third-order valence-corrected chi connectivity index (χ3v) is 12.2. The Morgan fingerprint density at radius 1 is 0.922 bits per heavy atom. The molecular formula is C41H55BrN2O6S. The van der Waals surface area contributed by atoms with Crippen molar-refractivity contribution in [1.82, 2.24) is 0 Å². The highest BCUT2D eigenvalue weighted by molar-refractivity contribution is 9.12. The number of benzene rings is 2. The van der Waals surface area contributed by atoms with Crippen LogP contribution in [0.5, 0.6) is 17.2 Å². The number of allylic oxidation sites excluding steroid dienone is 8. The number of halogens is 1. The molecule has 0 spiro atoms. The molecule has 0 radical (unpaired) electrons. The van der Waals surface area contributed by atoms with Crippen molar-refractivity contribution in [3.05, 3.63) is 86.6 Å². The zero-order valence-electron chi connectivity index (χ0n) is 31.9. The summed E-state index contributed by atoms with van der Waals surface area (Å²) < 4.78 is 46.3. The second-order valence-electron chi connectivity index (χ2n) is 13.5. The van der Waals surface area contributed by atoms with Gasteiger partial charge in [-0.05, 0) is 104 Å². The Kier molecular flexibility index (Phi) is 12.8. The minimum atomic E-state index is -3.92. The Labute approximate surface area is 314 Å². The Bertz CT molecular complexity index is 1910. The van der Waals surface area contributed by atoms with Crippen LogP contribution in [0.25, 0.3) is 0 Å². The van der Waals surface area contributed by atoms with Crippen molar-refractivity contribution in [3.8, 4) is 17.2 Å². The van der Waals surface area contributed by atoms with E-state index in [9.17, 15) is 0 Å². The second kappa shape index (κ2) is 16.1. The van der Waals surface area contributed by atoms with E-state index in [1.807, 2.05) is 0 Å². The summed E-state index contributed by atoms with van der Waals surface area (Å²) in [7, 11) is 5.67. The van der Waals surface area contributed by atoms with E-state index < -0.39 is 10.1 Å². The van der Waals surface area contributed by atoms with Crippen LogP contribution in [0.1, 0.15) is 89.3 Å². The number of aryl methyl sites for hydroxylation is 1. The monoisotopic (exact) mass is 782 g/mol. The largest absolute Gasteiger partial charge is 0.757 e. The van der Waals surface area contributed by atoms with E-state index in [1.54, 1.807) is 21.3 Å². The number of ether oxygens (including phenoxy) is 3. The summed E-state index contributed by atoms with van der Waals surface area (Å²) in [5.74, 6) is 4.82. The number of hydrogen-bond donors (Lipinski definition) is 1. The molecule has 1 N–H and O–H groups in total. The lowest BCUT2D eigenvalue weighted by atomic mass is 9.73. The quantitative estimate of drug-likeness (QED) is 0.190. The van der Waals surface area contributed by atoms with Gasteiger partial charge in [-0.2, -0.15) is 4.58 Å². The van der Waals surface area contributed by atoms with E-state index in [4.69, 9.17) is 27.5 Å². The average Bonchev–Trinajstić information content (AvgIpc) is 3.48. The molecule has 1 aliphatic carbocycles. The Balaban J connectivity index is 0.00000109. The van der Waals surface area contributed by atoms with Crippen LogP contribution >= 0.6 is 15.9 Å². The zero-order chi connectivity index (χ0) is 37.9. The van der Waals surface area contributed by atoms with Crippen molar-refractivity contribution in [2.24, 2.45) is 0 Å². The topological polar surface area (TPSA) is 94.3 Å². The minimum Gasteiger partial charge on any atom is -0.757 e. The fourth-order valence-electron chi connectivity index (χ4n) is 8.36. The first-order valence-corrected chi connectivity index (χ1v) is 20.1. The van der Waals surface area contributed by atoms with Crippen molar-refractivity contribution in [2.75, 3.05) is 40.3 Å². The predicted molar refractivity (Wildman–Crippen MR) is 215 cm³/mol. The maximum Gasteiger partial charge on any atom is 0.213 e. The number of fused-ring (bicyclic) bond motifs is 2. The summed E-state index contributed by atoms with van der Waals surface area (Å²) in [6, 6.07) is 8.87. The van der Waals surface area contributed by atoms with Gasteiger partial charge in [0.1, 0.15) is 12.8 Å². The maximum absolute atomic E-state index is 9.08. The molecule has 2 aromatic rings. The number of hydrogen-bond acceptors (Lipinski definition) is 6. The fraction of sp³-hybridized carbons (Fsp3) is 0.463. The van der Waals surface area contributed by atoms with Crippen LogP contribution in [0, 0.1) is 6.92 Å². The molecule has 3 aliphatic rings. The summed E-state index contributed by atoms with van der Waals surface area (Å²) in [6.07, 6.45) is 16.8. The lowest BCUT2D eigenvalue weighted by Crippen LogP contribution is -2.32. The van der Waals surface area contributed by atoms with Crippen LogP contribution in [-0.2, 0) is 20.9 Å². The molecule has 0 saturated carbocycles. The van der Waals surface area contributed by atoms with Gasteiger partial charge in [-0.3, -0.25) is 4.21 Å². The summed E-state index contributed by atoms with van der Waals surface area (Å²) in [5, 5.41) is 0. The summed E-state index contributed by atoms with van der Waals surface area (Å²) in [5.41, 5.74) is 11.6. The predicted octanol–water partition coefficient (Wildman–Crippen LogP) is 9.52. The summed E-state index contributed by atoms with van der Waals surface area (Å²) in [6.45, 7) is 11.4. The number of methoxy groups -OCH3 is 3. The lowest BCUT2D eigenvalue weighted by Gasteiger charge is -2.31. The molecule has 2 aliphatic heterocycles. The molecule has 0 fully saturated rings. The minimum absolute atomic E-state index is 0.0383. The van der Waals surface area contributed by atoms with Crippen LogP contribution in [0.15, 0.2) is 69.9 Å². The Morgan fingerprint density at radius 2 is 1.47 bits per heavy atom. The third-order valence-electron chi connectivity index (χ3n) is 11.2. The Morgan fingerprint density at radius 3 is 2.02 bits per heavy atom. The van der Waals surface area contributed by atoms with Crippen molar-refractivity contribution >= 4 is 49.0 Å². The van der Waals surface area contributed by atoms with Crippen molar-refractivity contribution in [2.45, 2.75) is 90.4 Å². The van der Waals surface area contributed by atoms with Gasteiger partial charge in [0.15, 0.2) is 17.2 Å². The number of rotatable bonds is 10. The van der Waals surface area contributed by atoms with Gasteiger partial charge in [0.25, 0.3) is 0 Å². The summed E-state index contributed by atoms with van der Waals surface area (Å²) >= 11 is 4.06. The standard InChI is InChI=1S/C40H52BrN2O3.CH4O3S/c1-11-39(12-2)29-23-33(44-8)26(5)22-31(29)42(6)36(39)20-18-27-16-15-17-28(38(27)41)19-21-37-40(13-3,14-4)30-24-34(45-9)35(46-10)25-32(30)43(37)7;1-5(2,3)4/h18-25H,11-17H2,1-10H3;1H2,(H2,2,3,4)/q+1;/p-1. The van der Waals surface area contributed by atoms with E-state index in [1.165, 1.54) is 55.1 Å². The zero-order valence-corrected chi connectivity index (χ0v) is 34.3. The molecule has 0 amide bonds. The second-order valence-corrected chi connectivity index (χ2v) is 15.5. The molecule has 51 heavy (non-hydrogen) atoms. The van der Waals surface area contributed by atoms with Gasteiger partial charge in [-0.25, -0.2) is 0 Å². The van der Waals surface area contributed by atoms with Gasteiger partial charge in [0, 0.05) is 50.1 Å². The number of anilines is 1. The third kappa shape index (κ3) is 7.61. The molecule has 2 aromatic carbocycles. The molecule has 8 nitrogen and oxygen atoms in total. The first kappa shape index (κ1) is 40.5. The summed E-state index contributed by atoms with van der Waals surface area (Å²) in [4.78, 5) is 2.40. The molecule has 1 unspecified atom stereocenters. The van der Waals surface area contributed by atoms with Crippen LogP contribution in [-0.4, -0.2) is 64.9 Å². The fourth-order valence-corrected chi connectivity index (χ4v) is 9.02. The van der Waals surface area contributed by atoms with Crippen LogP contribution in [0.4, 0.5) is 11.4 Å². The van der Waals surface area contributed by atoms with Gasteiger partial charge in [-0.1, -0.05) is 55.8 Å². The molecule has 1 atom stereocenters. The number of nitrogens with zero attached hydrogens (tertiary/aromatic N) is 2. The maximum atomic E-state index is 9.08. The SMILES string of the molecule is C=S(=O)([O-])O.CCC1(CC)C(=CC=C2CCCC(C=CC3=[N+](C)c4cc(OC)c(OC)cc4C3(CC)CC)=C2Br)N(C)c2cc(C)c(OC)cc21. The van der Waals surface area contributed by atoms with E-state index in [0.717, 1.165) is 62.2 Å². The Hall–Kier alpha value is -3.31. The van der Waals surface area contributed by atoms with Gasteiger partial charge in [-0.15, -0.1) is 0 Å². The van der Waals surface area contributed by atoms with Crippen LogP contribution < -0.4 is 19.1 Å². The van der Waals surface area contributed by atoms with E-state index >= 15 is 0 Å². The molecule has 10 heteroatoms. The van der Waals surface area contributed by atoms with E-state index in [-0.39, 0.29) is 10.8 Å². The first-order chi connectivity index (χ1) is 24.1. The van der Waals surface area contributed by atoms with Crippen molar-refractivity contribution in [3.63, 3.8) is 0 Å². The normalized spacial score (nSPS) is 20.4. The molecule has 0 bridgehead atoms.